The maximum absolute atomic E-state index is 12.3. The van der Waals surface area contributed by atoms with Gasteiger partial charge in [0.1, 0.15) is 0 Å². The Morgan fingerprint density at radius 2 is 1.73 bits per heavy atom. The SMILES string of the molecule is CCN(CC)C(=O)c1ccc(NC(=O)N[C@@H](C)c2cccc(Cl)c2)cc1. The number of carbonyl (C=O) groups is 2. The molecule has 3 amide bonds. The average Bonchev–Trinajstić information content (AvgIpc) is 2.63. The van der Waals surface area contributed by atoms with Crippen molar-refractivity contribution in [1.82, 2.24) is 10.2 Å². The van der Waals surface area contributed by atoms with E-state index in [1.807, 2.05) is 39.0 Å². The van der Waals surface area contributed by atoms with Crippen LogP contribution in [0.4, 0.5) is 10.5 Å². The van der Waals surface area contributed by atoms with E-state index in [1.165, 1.54) is 0 Å². The fraction of sp³-hybridized carbons (Fsp3) is 0.300. The molecule has 0 aliphatic rings. The van der Waals surface area contributed by atoms with Gasteiger partial charge in [-0.05, 0) is 62.7 Å². The maximum Gasteiger partial charge on any atom is 0.319 e. The predicted octanol–water partition coefficient (Wildman–Crippen LogP) is 4.70. The average molecular weight is 374 g/mol. The molecule has 2 N–H and O–H groups in total. The minimum Gasteiger partial charge on any atom is -0.339 e. The Hall–Kier alpha value is -2.53. The summed E-state index contributed by atoms with van der Waals surface area (Å²) < 4.78 is 0. The van der Waals surface area contributed by atoms with E-state index in [2.05, 4.69) is 10.6 Å². The minimum atomic E-state index is -0.319. The van der Waals surface area contributed by atoms with E-state index in [1.54, 1.807) is 35.2 Å². The van der Waals surface area contributed by atoms with Gasteiger partial charge in [0.2, 0.25) is 0 Å². The largest absolute Gasteiger partial charge is 0.339 e. The van der Waals surface area contributed by atoms with E-state index in [9.17, 15) is 9.59 Å². The molecule has 2 rings (SSSR count). The quantitative estimate of drug-likeness (QED) is 0.770. The molecule has 0 bridgehead atoms. The van der Waals surface area contributed by atoms with E-state index in [0.29, 0.717) is 29.4 Å². The molecule has 0 unspecified atom stereocenters. The van der Waals surface area contributed by atoms with Crippen LogP contribution in [0, 0.1) is 0 Å². The van der Waals surface area contributed by atoms with Crippen LogP contribution < -0.4 is 10.6 Å². The molecule has 0 spiro atoms. The highest BCUT2D eigenvalue weighted by molar-refractivity contribution is 6.30. The van der Waals surface area contributed by atoms with Crippen molar-refractivity contribution in [2.24, 2.45) is 0 Å². The zero-order valence-electron chi connectivity index (χ0n) is 15.3. The Kier molecular flexibility index (Phi) is 7.04. The van der Waals surface area contributed by atoms with E-state index in [-0.39, 0.29) is 18.0 Å². The first-order chi connectivity index (χ1) is 12.4. The molecule has 0 radical (unpaired) electrons. The minimum absolute atomic E-state index is 0.0134. The predicted molar refractivity (Wildman–Crippen MR) is 106 cm³/mol. The smallest absolute Gasteiger partial charge is 0.319 e. The number of hydrogen-bond acceptors (Lipinski definition) is 2. The number of carbonyl (C=O) groups excluding carboxylic acids is 2. The van der Waals surface area contributed by atoms with Crippen molar-refractivity contribution >= 4 is 29.2 Å². The van der Waals surface area contributed by atoms with E-state index >= 15 is 0 Å². The van der Waals surface area contributed by atoms with Crippen LogP contribution in [0.25, 0.3) is 0 Å². The summed E-state index contributed by atoms with van der Waals surface area (Å²) in [6.45, 7) is 7.11. The van der Waals surface area contributed by atoms with Crippen LogP contribution in [-0.2, 0) is 0 Å². The molecule has 0 heterocycles. The third kappa shape index (κ3) is 5.23. The molecule has 0 aliphatic carbocycles. The van der Waals surface area contributed by atoms with Crippen LogP contribution in [0.15, 0.2) is 48.5 Å². The molecule has 0 fully saturated rings. The Morgan fingerprint density at radius 1 is 1.08 bits per heavy atom. The molecule has 5 nitrogen and oxygen atoms in total. The lowest BCUT2D eigenvalue weighted by atomic mass is 10.1. The number of nitrogens with zero attached hydrogens (tertiary/aromatic N) is 1. The van der Waals surface area contributed by atoms with Gasteiger partial charge in [-0.15, -0.1) is 0 Å². The summed E-state index contributed by atoms with van der Waals surface area (Å²) in [7, 11) is 0. The van der Waals surface area contributed by atoms with Gasteiger partial charge in [-0.25, -0.2) is 4.79 Å². The molecule has 1 atom stereocenters. The van der Waals surface area contributed by atoms with Crippen LogP contribution in [-0.4, -0.2) is 29.9 Å². The van der Waals surface area contributed by atoms with Crippen LogP contribution in [0.3, 0.4) is 0 Å². The third-order valence-corrected chi connectivity index (χ3v) is 4.37. The van der Waals surface area contributed by atoms with Gasteiger partial charge in [0.25, 0.3) is 5.91 Å². The highest BCUT2D eigenvalue weighted by atomic mass is 35.5. The van der Waals surface area contributed by atoms with Gasteiger partial charge in [-0.2, -0.15) is 0 Å². The first kappa shape index (κ1) is 19.8. The molecule has 0 saturated heterocycles. The fourth-order valence-corrected chi connectivity index (χ4v) is 2.81. The first-order valence-electron chi connectivity index (χ1n) is 8.66. The first-order valence-corrected chi connectivity index (χ1v) is 9.04. The third-order valence-electron chi connectivity index (χ3n) is 4.14. The van der Waals surface area contributed by atoms with Crippen molar-refractivity contribution in [1.29, 1.82) is 0 Å². The lowest BCUT2D eigenvalue weighted by molar-refractivity contribution is 0.0773. The summed E-state index contributed by atoms with van der Waals surface area (Å²) in [5.74, 6) is -0.0134. The lowest BCUT2D eigenvalue weighted by Crippen LogP contribution is -2.31. The van der Waals surface area contributed by atoms with Crippen molar-refractivity contribution < 1.29 is 9.59 Å². The Morgan fingerprint density at radius 3 is 2.31 bits per heavy atom. The second-order valence-electron chi connectivity index (χ2n) is 5.93. The topological polar surface area (TPSA) is 61.4 Å². The van der Waals surface area contributed by atoms with Crippen LogP contribution in [0.1, 0.15) is 42.7 Å². The van der Waals surface area contributed by atoms with Crippen LogP contribution in [0.2, 0.25) is 5.02 Å². The second kappa shape index (κ2) is 9.25. The molecule has 26 heavy (non-hydrogen) atoms. The monoisotopic (exact) mass is 373 g/mol. The summed E-state index contributed by atoms with van der Waals surface area (Å²) in [5, 5.41) is 6.26. The summed E-state index contributed by atoms with van der Waals surface area (Å²) in [6.07, 6.45) is 0. The van der Waals surface area contributed by atoms with Crippen molar-refractivity contribution in [2.45, 2.75) is 26.8 Å². The van der Waals surface area contributed by atoms with E-state index in [4.69, 9.17) is 11.6 Å². The molecular formula is C20H24ClN3O2. The van der Waals surface area contributed by atoms with Gasteiger partial charge in [0.15, 0.2) is 0 Å². The van der Waals surface area contributed by atoms with E-state index in [0.717, 1.165) is 5.56 Å². The zero-order chi connectivity index (χ0) is 19.1. The van der Waals surface area contributed by atoms with Gasteiger partial charge >= 0.3 is 6.03 Å². The number of nitrogens with one attached hydrogen (secondary N) is 2. The second-order valence-corrected chi connectivity index (χ2v) is 6.37. The molecule has 0 aliphatic heterocycles. The van der Waals surface area contributed by atoms with Crippen LogP contribution >= 0.6 is 11.6 Å². The summed E-state index contributed by atoms with van der Waals surface area (Å²) in [6, 6.07) is 13.7. The zero-order valence-corrected chi connectivity index (χ0v) is 16.0. The number of anilines is 1. The molecule has 6 heteroatoms. The number of amides is 3. The van der Waals surface area contributed by atoms with Crippen molar-refractivity contribution in [3.8, 4) is 0 Å². The number of benzene rings is 2. The Balaban J connectivity index is 1.96. The normalized spacial score (nSPS) is 11.5. The van der Waals surface area contributed by atoms with Gasteiger partial charge in [0, 0.05) is 29.4 Å². The summed E-state index contributed by atoms with van der Waals surface area (Å²) >= 11 is 5.98. The highest BCUT2D eigenvalue weighted by Gasteiger charge is 2.13. The van der Waals surface area contributed by atoms with Crippen LogP contribution in [0.5, 0.6) is 0 Å². The van der Waals surface area contributed by atoms with Gasteiger partial charge in [0.05, 0.1) is 6.04 Å². The number of urea groups is 1. The summed E-state index contributed by atoms with van der Waals surface area (Å²) in [4.78, 5) is 26.2. The Bertz CT molecular complexity index is 758. The van der Waals surface area contributed by atoms with Gasteiger partial charge < -0.3 is 15.5 Å². The van der Waals surface area contributed by atoms with Crippen molar-refractivity contribution in [3.05, 3.63) is 64.7 Å². The van der Waals surface area contributed by atoms with Gasteiger partial charge in [-0.3, -0.25) is 4.79 Å². The van der Waals surface area contributed by atoms with Gasteiger partial charge in [-0.1, -0.05) is 23.7 Å². The van der Waals surface area contributed by atoms with E-state index < -0.39 is 0 Å². The maximum atomic E-state index is 12.3. The summed E-state index contributed by atoms with van der Waals surface area (Å²) in [5.41, 5.74) is 2.15. The molecule has 0 saturated carbocycles. The number of rotatable bonds is 6. The molecule has 138 valence electrons. The molecular weight excluding hydrogens is 350 g/mol. The standard InChI is InChI=1S/C20H24ClN3O2/c1-4-24(5-2)19(25)15-9-11-18(12-10-15)23-20(26)22-14(3)16-7-6-8-17(21)13-16/h6-14H,4-5H2,1-3H3,(H2,22,23,26)/t14-/m0/s1. The lowest BCUT2D eigenvalue weighted by Gasteiger charge is -2.19. The molecule has 0 aromatic heterocycles. The number of halogens is 1. The molecule has 2 aromatic rings. The van der Waals surface area contributed by atoms with Crippen molar-refractivity contribution in [3.63, 3.8) is 0 Å². The number of hydrogen-bond donors (Lipinski definition) is 2. The Labute approximate surface area is 159 Å². The van der Waals surface area contributed by atoms with Crippen molar-refractivity contribution in [2.75, 3.05) is 18.4 Å². The molecule has 2 aromatic carbocycles. The fourth-order valence-electron chi connectivity index (χ4n) is 2.61. The highest BCUT2D eigenvalue weighted by Crippen LogP contribution is 2.18.